The Balaban J connectivity index is 0.000000156. The molecule has 21 rings (SSSR count). The van der Waals surface area contributed by atoms with E-state index in [-0.39, 0.29) is 27.1 Å². The summed E-state index contributed by atoms with van der Waals surface area (Å²) in [5.41, 5.74) is 61.5. The van der Waals surface area contributed by atoms with Crippen molar-refractivity contribution < 1.29 is 0 Å². The van der Waals surface area contributed by atoms with E-state index in [0.29, 0.717) is 43.9 Å². The average Bonchev–Trinajstić information content (AvgIpc) is 1.51. The minimum atomic E-state index is 0.195. The highest BCUT2D eigenvalue weighted by atomic mass is 15.3. The quantitative estimate of drug-likeness (QED) is 0.150. The Morgan fingerprint density at radius 1 is 0.309 bits per heavy atom. The lowest BCUT2D eigenvalue weighted by Crippen LogP contribution is -2.17. The highest BCUT2D eigenvalue weighted by Gasteiger charge is 2.53. The van der Waals surface area contributed by atoms with Gasteiger partial charge in [-0.15, -0.1) is 0 Å². The number of imidazole rings is 1. The maximum Gasteiger partial charge on any atom is 0.105 e. The molecular weight excluding hydrogens is 1700 g/mol. The van der Waals surface area contributed by atoms with Gasteiger partial charge in [-0.25, -0.2) is 4.98 Å². The van der Waals surface area contributed by atoms with Crippen LogP contribution in [0.3, 0.4) is 0 Å². The standard InChI is InChI=1S/C12H21N.2C11H17N.C11H14.3C10H18N2.C10H13N.3C10H15N.C9H16N2/c1-8-9(2)13(7)10(3)11(8)12(4,5)6;1-7-10(11(2,3)4)8-6-9(8)12(7)5;1-7-8(2)12-6-9(12)10(7)11(3,4)5;1-11(2,3)10-8-4-6(8)7-5-9(7)10;1-7-9(10(3,4)5)12(6)8(2)11-7;1-7-9(10(3,4)5)8(2)12(6)11-7;1-7-8(2)11-12(6)9(7)10(3,4)5;1-10(2,3)9-7-4-6(7)8-5-11(8)9;1-10(2,3)9-8-5-7(8)6-11(9)4;1-7-5-8-6-11(8)9(7)10(2,3)4;1-6-9(10(2,3)4)7-5-8(7)11-6;1-7-6-10-11(5)8(7)9(2,3)4/h1-7H3;2*6H2,1-5H3;6H,4-5H2,1-3H3;3*1-6H3;4-5H2,1-3H3;6H,5H2,1-4H3;5H,6H2,1-4H3;8H,5H2,1-4H3;6H,1-5H3. The van der Waals surface area contributed by atoms with Crippen LogP contribution >= 0.6 is 0 Å². The second kappa shape index (κ2) is 38.2. The highest BCUT2D eigenvalue weighted by molar-refractivity contribution is 6.04. The molecule has 139 heavy (non-hydrogen) atoms. The summed E-state index contributed by atoms with van der Waals surface area (Å²) >= 11 is 0. The molecule has 10 aromatic heterocycles. The van der Waals surface area contributed by atoms with E-state index in [2.05, 4.69) is 444 Å². The molecule has 0 spiro atoms. The molecule has 2 saturated carbocycles. The van der Waals surface area contributed by atoms with Crippen LogP contribution in [-0.2, 0) is 142 Å². The molecule has 0 saturated heterocycles. The predicted octanol–water partition coefficient (Wildman–Crippen LogP) is 29.9. The van der Waals surface area contributed by atoms with E-state index in [1.807, 2.05) is 48.3 Å². The Labute approximate surface area is 847 Å². The van der Waals surface area contributed by atoms with Crippen molar-refractivity contribution in [1.29, 1.82) is 0 Å². The molecule has 11 aliphatic rings. The molecule has 4 aliphatic heterocycles. The Morgan fingerprint density at radius 3 is 1.04 bits per heavy atom. The lowest BCUT2D eigenvalue weighted by atomic mass is 9.83. The van der Waals surface area contributed by atoms with Crippen LogP contribution in [-0.4, -0.2) is 78.0 Å². The van der Waals surface area contributed by atoms with Crippen LogP contribution in [0.1, 0.15) is 462 Å². The third kappa shape index (κ3) is 24.9. The molecule has 0 radical (unpaired) electrons. The van der Waals surface area contributed by atoms with Crippen molar-refractivity contribution >= 4 is 5.71 Å². The SMILES string of the molecule is CC(C)(C)C1=C2CC2C2=C1C2.CC(C)(C)c1c2c(c3n1C3)C2.CC1=NC2CC2=C1C(C)(C)C.Cc1c(C(C)(C)C)c(C)n(C)c1C.Cc1c(C(C)(C)C)c2c(n1C)C2.Cc1c(C(C)(C)C)c2n(c1C)C2.Cc1cc2n(c1C(C)(C)C)C2.Cc1cnn(C)c1C(C)(C)C.Cc1nc(C)n(C)c1C(C)(C)C.Cc1nn(C)c(C(C)(C)C)c1C.Cc1nn(C)c(C)c1C(C)(C)C.Cn1cc2c(c1C(C)(C)C)C2. The smallest absolute Gasteiger partial charge is 0.105 e. The van der Waals surface area contributed by atoms with Crippen molar-refractivity contribution in [3.63, 3.8) is 0 Å². The zero-order valence-electron chi connectivity index (χ0n) is 100.0. The molecule has 10 aromatic rings. The normalized spacial score (nSPS) is 16.4. The van der Waals surface area contributed by atoms with Gasteiger partial charge in [0.1, 0.15) is 5.82 Å². The maximum absolute atomic E-state index is 4.55. The maximum atomic E-state index is 4.55. The van der Waals surface area contributed by atoms with Crippen molar-refractivity contribution in [3.05, 3.63) is 238 Å². The summed E-state index contributed by atoms with van der Waals surface area (Å²) in [7, 11) is 14.6. The lowest BCUT2D eigenvalue weighted by molar-refractivity contribution is 0.511. The number of nitrogens with zero attached hydrogens (tertiary/aromatic N) is 15. The molecule has 0 amide bonds. The minimum Gasteiger partial charge on any atom is -0.353 e. The highest BCUT2D eigenvalue weighted by Crippen LogP contribution is 2.67. The van der Waals surface area contributed by atoms with Gasteiger partial charge >= 0.3 is 0 Å². The number of hydrogen-bond donors (Lipinski definition) is 0. The Kier molecular flexibility index (Phi) is 30.9. The van der Waals surface area contributed by atoms with E-state index >= 15 is 0 Å². The van der Waals surface area contributed by atoms with E-state index < -0.39 is 0 Å². The molecule has 15 nitrogen and oxygen atoms in total. The van der Waals surface area contributed by atoms with Crippen LogP contribution in [0.2, 0.25) is 0 Å². The summed E-state index contributed by atoms with van der Waals surface area (Å²) in [6, 6.07) is 2.91. The van der Waals surface area contributed by atoms with Gasteiger partial charge in [-0.1, -0.05) is 260 Å². The Bertz CT molecular complexity index is 5890. The summed E-state index contributed by atoms with van der Waals surface area (Å²) < 4.78 is 22.3. The topological polar surface area (TPSA) is 113 Å². The molecular formula is C124H197N15. The fraction of sp³-hybridized carbons (Fsp3) is 0.653. The van der Waals surface area contributed by atoms with Gasteiger partial charge in [-0.3, -0.25) is 19.0 Å². The van der Waals surface area contributed by atoms with E-state index in [0.717, 1.165) is 28.8 Å². The van der Waals surface area contributed by atoms with E-state index in [1.165, 1.54) is 171 Å². The van der Waals surface area contributed by atoms with Crippen LogP contribution in [0.4, 0.5) is 0 Å². The van der Waals surface area contributed by atoms with Crippen molar-refractivity contribution in [2.45, 2.75) is 471 Å². The van der Waals surface area contributed by atoms with Crippen LogP contribution in [0.5, 0.6) is 0 Å². The number of dihydropyridines is 1. The first-order valence-corrected chi connectivity index (χ1v) is 52.6. The molecule has 2 unspecified atom stereocenters. The zero-order chi connectivity index (χ0) is 106. The number of rotatable bonds is 0. The third-order valence-corrected chi connectivity index (χ3v) is 30.3. The van der Waals surface area contributed by atoms with Gasteiger partial charge in [0.2, 0.25) is 0 Å². The molecule has 2 atom stereocenters. The van der Waals surface area contributed by atoms with Gasteiger partial charge in [0, 0.05) is 210 Å². The van der Waals surface area contributed by atoms with Gasteiger partial charge in [0.05, 0.1) is 49.0 Å². The van der Waals surface area contributed by atoms with E-state index in [1.54, 1.807) is 89.6 Å². The predicted molar refractivity (Wildman–Crippen MR) is 596 cm³/mol. The van der Waals surface area contributed by atoms with Crippen molar-refractivity contribution in [3.8, 4) is 0 Å². The van der Waals surface area contributed by atoms with Crippen LogP contribution in [0.25, 0.3) is 0 Å². The van der Waals surface area contributed by atoms with Crippen molar-refractivity contribution in [2.24, 2.45) is 71.1 Å². The van der Waals surface area contributed by atoms with Gasteiger partial charge in [0.15, 0.2) is 0 Å². The number of aryl methyl sites for hydroxylation is 10. The lowest BCUT2D eigenvalue weighted by Gasteiger charge is -2.21. The van der Waals surface area contributed by atoms with E-state index in [4.69, 9.17) is 0 Å². The summed E-state index contributed by atoms with van der Waals surface area (Å²) in [6.45, 7) is 118. The van der Waals surface area contributed by atoms with Crippen LogP contribution in [0, 0.1) is 114 Å². The first-order chi connectivity index (χ1) is 62.7. The Morgan fingerprint density at radius 2 is 0.799 bits per heavy atom. The number of hydrogen-bond acceptors (Lipinski definition) is 5. The number of aromatic nitrogens is 14. The minimum absolute atomic E-state index is 0.195. The van der Waals surface area contributed by atoms with Crippen molar-refractivity contribution in [1.82, 2.24) is 66.3 Å². The Hall–Kier alpha value is -8.59. The fourth-order valence-corrected chi connectivity index (χ4v) is 24.8. The summed E-state index contributed by atoms with van der Waals surface area (Å²) in [4.78, 5) is 8.99. The first kappa shape index (κ1) is 112. The molecule has 0 aromatic carbocycles. The molecule has 0 N–H and O–H groups in total. The monoisotopic (exact) mass is 1900 g/mol. The zero-order valence-corrected chi connectivity index (χ0v) is 100.0. The molecule has 768 valence electrons. The number of aliphatic imine (C=N–C) groups is 1. The van der Waals surface area contributed by atoms with Crippen LogP contribution < -0.4 is 0 Å². The fourth-order valence-electron chi connectivity index (χ4n) is 24.8. The summed E-state index contributed by atoms with van der Waals surface area (Å²) in [6.07, 6.45) is 12.0. The van der Waals surface area contributed by atoms with Crippen LogP contribution in [0.15, 0.2) is 56.9 Å². The molecule has 15 heteroatoms. The molecule has 0 bridgehead atoms. The van der Waals surface area contributed by atoms with Gasteiger partial charge in [-0.05, 0) is 256 Å². The third-order valence-electron chi connectivity index (χ3n) is 30.3. The molecule has 14 heterocycles. The second-order valence-electron chi connectivity index (χ2n) is 55.5. The summed E-state index contributed by atoms with van der Waals surface area (Å²) in [5.74, 6) is 2.05. The van der Waals surface area contributed by atoms with E-state index in [9.17, 15) is 0 Å². The number of fused-ring (bicyclic) bond motifs is 10. The second-order valence-corrected chi connectivity index (χ2v) is 55.5. The van der Waals surface area contributed by atoms with Gasteiger partial charge < -0.3 is 32.0 Å². The first-order valence-electron chi connectivity index (χ1n) is 52.6. The molecule has 2 fully saturated rings. The largest absolute Gasteiger partial charge is 0.353 e. The van der Waals surface area contributed by atoms with Crippen molar-refractivity contribution in [2.75, 3.05) is 0 Å². The van der Waals surface area contributed by atoms with Gasteiger partial charge in [-0.2, -0.15) is 15.3 Å². The summed E-state index contributed by atoms with van der Waals surface area (Å²) in [5, 5.41) is 13.0. The van der Waals surface area contributed by atoms with Gasteiger partial charge in [0.25, 0.3) is 0 Å². The average molecular weight is 1900 g/mol. The number of allylic oxidation sites excluding steroid dienone is 5. The molecule has 7 aliphatic carbocycles.